The molecule has 3 aromatic carbocycles. The second kappa shape index (κ2) is 11.3. The Balaban J connectivity index is 1.78. The molecule has 0 saturated heterocycles. The molecule has 0 unspecified atom stereocenters. The highest BCUT2D eigenvalue weighted by molar-refractivity contribution is 5.97. The van der Waals surface area contributed by atoms with Gasteiger partial charge in [-0.2, -0.15) is 0 Å². The molecule has 0 aliphatic heterocycles. The van der Waals surface area contributed by atoms with Gasteiger partial charge in [-0.1, -0.05) is 54.6 Å². The maximum atomic E-state index is 14.1. The molecule has 0 saturated carbocycles. The van der Waals surface area contributed by atoms with Gasteiger partial charge in [-0.3, -0.25) is 9.59 Å². The number of halogens is 1. The lowest BCUT2D eigenvalue weighted by molar-refractivity contribution is -0.127. The number of nitrogens with one attached hydrogen (secondary N) is 2. The normalized spacial score (nSPS) is 12.0. The molecule has 0 bridgehead atoms. The SMILES string of the molecule is COc1ccc(CN(C(=O)c2ccc(-c3ccccc3)[nH]2)[C@H](C(=O)NC(C)(C)C)c2ccc(F)cc2)cc1. The summed E-state index contributed by atoms with van der Waals surface area (Å²) in [5.74, 6) is -0.458. The Bertz CT molecular complexity index is 1370. The highest BCUT2D eigenvalue weighted by Crippen LogP contribution is 2.28. The quantitative estimate of drug-likeness (QED) is 0.298. The van der Waals surface area contributed by atoms with Gasteiger partial charge in [0.05, 0.1) is 7.11 Å². The number of amides is 2. The molecule has 0 fully saturated rings. The minimum atomic E-state index is -1.01. The van der Waals surface area contributed by atoms with Crippen LogP contribution in [0.5, 0.6) is 5.75 Å². The fourth-order valence-corrected chi connectivity index (χ4v) is 4.22. The number of nitrogens with zero attached hydrogens (tertiary/aromatic N) is 1. The van der Waals surface area contributed by atoms with E-state index in [2.05, 4.69) is 10.3 Å². The average Bonchev–Trinajstić information content (AvgIpc) is 3.39. The van der Waals surface area contributed by atoms with Gasteiger partial charge >= 0.3 is 0 Å². The number of rotatable bonds is 8. The van der Waals surface area contributed by atoms with E-state index in [1.54, 1.807) is 25.3 Å². The van der Waals surface area contributed by atoms with Crippen molar-refractivity contribution in [3.63, 3.8) is 0 Å². The van der Waals surface area contributed by atoms with Crippen molar-refractivity contribution in [1.82, 2.24) is 15.2 Å². The topological polar surface area (TPSA) is 74.4 Å². The van der Waals surface area contributed by atoms with E-state index in [4.69, 9.17) is 4.74 Å². The van der Waals surface area contributed by atoms with E-state index in [1.165, 1.54) is 17.0 Å². The summed E-state index contributed by atoms with van der Waals surface area (Å²) in [6.45, 7) is 5.76. The van der Waals surface area contributed by atoms with E-state index in [9.17, 15) is 14.0 Å². The molecular weight excluding hydrogens is 481 g/mol. The minimum Gasteiger partial charge on any atom is -0.497 e. The first-order valence-corrected chi connectivity index (χ1v) is 12.4. The van der Waals surface area contributed by atoms with Gasteiger partial charge in [0, 0.05) is 17.8 Å². The highest BCUT2D eigenvalue weighted by Gasteiger charge is 2.34. The maximum Gasteiger partial charge on any atom is 0.271 e. The lowest BCUT2D eigenvalue weighted by Gasteiger charge is -2.33. The summed E-state index contributed by atoms with van der Waals surface area (Å²) in [6.07, 6.45) is 0. The lowest BCUT2D eigenvalue weighted by Crippen LogP contribution is -2.49. The van der Waals surface area contributed by atoms with Gasteiger partial charge in [0.25, 0.3) is 5.91 Å². The molecule has 38 heavy (non-hydrogen) atoms. The fourth-order valence-electron chi connectivity index (χ4n) is 4.22. The monoisotopic (exact) mass is 513 g/mol. The zero-order valence-corrected chi connectivity index (χ0v) is 22.0. The second-order valence-corrected chi connectivity index (χ2v) is 10.1. The number of carbonyl (C=O) groups is 2. The van der Waals surface area contributed by atoms with Crippen molar-refractivity contribution < 1.29 is 18.7 Å². The minimum absolute atomic E-state index is 0.141. The number of hydrogen-bond acceptors (Lipinski definition) is 3. The van der Waals surface area contributed by atoms with Crippen molar-refractivity contribution in [2.24, 2.45) is 0 Å². The van der Waals surface area contributed by atoms with Crippen LogP contribution in [0.2, 0.25) is 0 Å². The molecule has 0 aliphatic rings. The summed E-state index contributed by atoms with van der Waals surface area (Å²) in [5.41, 5.74) is 2.84. The number of aromatic amines is 1. The van der Waals surface area contributed by atoms with Crippen molar-refractivity contribution in [1.29, 1.82) is 0 Å². The summed E-state index contributed by atoms with van der Waals surface area (Å²) in [7, 11) is 1.59. The van der Waals surface area contributed by atoms with E-state index in [0.717, 1.165) is 16.8 Å². The standard InChI is InChI=1S/C31H32FN3O3/c1-31(2,3)34-29(36)28(23-12-14-24(32)15-13-23)35(20-21-10-16-25(38-4)17-11-21)30(37)27-19-18-26(33-27)22-8-6-5-7-9-22/h5-19,28,33H,20H2,1-4H3,(H,34,36)/t28-/m0/s1. The van der Waals surface area contributed by atoms with Crippen LogP contribution >= 0.6 is 0 Å². The molecule has 0 radical (unpaired) electrons. The fraction of sp³-hybridized carbons (Fsp3) is 0.226. The molecule has 196 valence electrons. The first-order chi connectivity index (χ1) is 18.1. The Labute approximate surface area is 222 Å². The third kappa shape index (κ3) is 6.48. The number of aromatic nitrogens is 1. The molecule has 4 aromatic rings. The maximum absolute atomic E-state index is 14.1. The van der Waals surface area contributed by atoms with Crippen LogP contribution in [0.3, 0.4) is 0 Å². The summed E-state index contributed by atoms with van der Waals surface area (Å²) >= 11 is 0. The van der Waals surface area contributed by atoms with Gasteiger partial charge in [0.1, 0.15) is 23.3 Å². The summed E-state index contributed by atoms with van der Waals surface area (Å²) in [4.78, 5) is 32.5. The molecule has 1 heterocycles. The molecule has 4 rings (SSSR count). The number of carbonyl (C=O) groups excluding carboxylic acids is 2. The molecule has 1 atom stereocenters. The largest absolute Gasteiger partial charge is 0.497 e. The summed E-state index contributed by atoms with van der Waals surface area (Å²) < 4.78 is 19.1. The van der Waals surface area contributed by atoms with Gasteiger partial charge in [0.2, 0.25) is 5.91 Å². The molecule has 0 aliphatic carbocycles. The summed E-state index contributed by atoms with van der Waals surface area (Å²) in [6, 6.07) is 25.2. The first-order valence-electron chi connectivity index (χ1n) is 12.4. The number of H-pyrrole nitrogens is 1. The first kappa shape index (κ1) is 26.7. The summed E-state index contributed by atoms with van der Waals surface area (Å²) in [5, 5.41) is 3.00. The van der Waals surface area contributed by atoms with Crippen LogP contribution in [0, 0.1) is 5.82 Å². The second-order valence-electron chi connectivity index (χ2n) is 10.1. The Hall–Kier alpha value is -4.39. The third-order valence-electron chi connectivity index (χ3n) is 6.02. The predicted octanol–water partition coefficient (Wildman–Crippen LogP) is 6.13. The van der Waals surface area contributed by atoms with E-state index >= 15 is 0 Å². The smallest absolute Gasteiger partial charge is 0.271 e. The zero-order valence-electron chi connectivity index (χ0n) is 22.0. The third-order valence-corrected chi connectivity index (χ3v) is 6.02. The Morgan fingerprint density at radius 1 is 0.921 bits per heavy atom. The van der Waals surface area contributed by atoms with E-state index in [0.29, 0.717) is 17.0 Å². The molecular formula is C31H32FN3O3. The Morgan fingerprint density at radius 2 is 1.58 bits per heavy atom. The van der Waals surface area contributed by atoms with Gasteiger partial charge in [-0.05, 0) is 73.9 Å². The Morgan fingerprint density at radius 3 is 2.18 bits per heavy atom. The van der Waals surface area contributed by atoms with Crippen molar-refractivity contribution in [3.8, 4) is 17.0 Å². The molecule has 6 nitrogen and oxygen atoms in total. The van der Waals surface area contributed by atoms with E-state index < -0.39 is 17.4 Å². The van der Waals surface area contributed by atoms with Crippen LogP contribution in [0.25, 0.3) is 11.3 Å². The van der Waals surface area contributed by atoms with Crippen LogP contribution in [0.4, 0.5) is 4.39 Å². The van der Waals surface area contributed by atoms with Gasteiger partial charge in [-0.15, -0.1) is 0 Å². The van der Waals surface area contributed by atoms with Gasteiger partial charge in [-0.25, -0.2) is 4.39 Å². The predicted molar refractivity (Wildman–Crippen MR) is 146 cm³/mol. The number of benzene rings is 3. The van der Waals surface area contributed by atoms with Crippen LogP contribution in [-0.2, 0) is 11.3 Å². The van der Waals surface area contributed by atoms with Crippen molar-refractivity contribution in [2.75, 3.05) is 7.11 Å². The highest BCUT2D eigenvalue weighted by atomic mass is 19.1. The molecule has 7 heteroatoms. The molecule has 0 spiro atoms. The van der Waals surface area contributed by atoms with E-state index in [1.807, 2.05) is 81.4 Å². The number of hydrogen-bond donors (Lipinski definition) is 2. The van der Waals surface area contributed by atoms with E-state index in [-0.39, 0.29) is 18.4 Å². The van der Waals surface area contributed by atoms with Crippen molar-refractivity contribution in [3.05, 3.63) is 114 Å². The zero-order chi connectivity index (χ0) is 27.3. The Kier molecular flexibility index (Phi) is 7.96. The number of methoxy groups -OCH3 is 1. The molecule has 1 aromatic heterocycles. The average molecular weight is 514 g/mol. The van der Waals surface area contributed by atoms with Crippen molar-refractivity contribution in [2.45, 2.75) is 38.9 Å². The van der Waals surface area contributed by atoms with Gasteiger partial charge < -0.3 is 19.9 Å². The van der Waals surface area contributed by atoms with Crippen LogP contribution in [-0.4, -0.2) is 34.3 Å². The lowest BCUT2D eigenvalue weighted by atomic mass is 10.0. The number of ether oxygens (including phenoxy) is 1. The van der Waals surface area contributed by atoms with Crippen LogP contribution in [0.1, 0.15) is 48.4 Å². The van der Waals surface area contributed by atoms with Crippen LogP contribution < -0.4 is 10.1 Å². The van der Waals surface area contributed by atoms with Crippen LogP contribution in [0.15, 0.2) is 91.0 Å². The van der Waals surface area contributed by atoms with Crippen molar-refractivity contribution >= 4 is 11.8 Å². The van der Waals surface area contributed by atoms with Gasteiger partial charge in [0.15, 0.2) is 0 Å². The molecule has 2 amide bonds. The molecule has 2 N–H and O–H groups in total.